The van der Waals surface area contributed by atoms with Gasteiger partial charge in [-0.3, -0.25) is 5.43 Å². The molecule has 0 fully saturated rings. The molecule has 2 aromatic rings. The highest BCUT2D eigenvalue weighted by Crippen LogP contribution is 2.34. The van der Waals surface area contributed by atoms with Crippen LogP contribution in [0.25, 0.3) is 0 Å². The molecule has 0 saturated carbocycles. The van der Waals surface area contributed by atoms with E-state index in [0.29, 0.717) is 41.7 Å². The number of nitrogens with zero attached hydrogens (tertiary/aromatic N) is 1. The molecule has 0 bridgehead atoms. The molecule has 2 atom stereocenters. The lowest BCUT2D eigenvalue weighted by atomic mass is 9.95. The molecule has 0 radical (unpaired) electrons. The summed E-state index contributed by atoms with van der Waals surface area (Å²) in [6.07, 6.45) is 2.06. The van der Waals surface area contributed by atoms with Crippen molar-refractivity contribution in [2.75, 3.05) is 26.9 Å². The number of urea groups is 1. The van der Waals surface area contributed by atoms with Gasteiger partial charge in [0, 0.05) is 11.3 Å². The van der Waals surface area contributed by atoms with Crippen LogP contribution in [-0.2, 0) is 9.53 Å². The number of ether oxygens (including phenoxy) is 4. The minimum Gasteiger partial charge on any atom is -0.490 e. The highest BCUT2D eigenvalue weighted by molar-refractivity contribution is 5.95. The average Bonchev–Trinajstić information content (AvgIpc) is 2.91. The van der Waals surface area contributed by atoms with Gasteiger partial charge in [-0.15, -0.1) is 0 Å². The number of methoxy groups -OCH3 is 1. The van der Waals surface area contributed by atoms with E-state index in [-0.39, 0.29) is 12.2 Å². The van der Waals surface area contributed by atoms with Crippen molar-refractivity contribution in [3.63, 3.8) is 0 Å². The molecule has 38 heavy (non-hydrogen) atoms. The second kappa shape index (κ2) is 13.7. The van der Waals surface area contributed by atoms with Crippen molar-refractivity contribution >= 4 is 18.2 Å². The molecule has 0 aliphatic carbocycles. The molecular weight excluding hydrogens is 492 g/mol. The first-order chi connectivity index (χ1) is 18.4. The summed E-state index contributed by atoms with van der Waals surface area (Å²) in [6, 6.07) is 11.2. The van der Waals surface area contributed by atoms with E-state index in [9.17, 15) is 14.7 Å². The number of esters is 1. The molecule has 11 heteroatoms. The molecule has 3 rings (SSSR count). The van der Waals surface area contributed by atoms with Crippen LogP contribution in [0.15, 0.2) is 71.5 Å². The van der Waals surface area contributed by atoms with Gasteiger partial charge in [0.05, 0.1) is 31.5 Å². The zero-order chi connectivity index (χ0) is 27.5. The van der Waals surface area contributed by atoms with E-state index in [1.54, 1.807) is 31.2 Å². The van der Waals surface area contributed by atoms with E-state index in [4.69, 9.17) is 18.9 Å². The van der Waals surface area contributed by atoms with Gasteiger partial charge in [-0.2, -0.15) is 5.10 Å². The molecule has 11 nitrogen and oxygen atoms in total. The van der Waals surface area contributed by atoms with Crippen LogP contribution in [0, 0.1) is 0 Å². The van der Waals surface area contributed by atoms with Gasteiger partial charge in [0.2, 0.25) is 0 Å². The van der Waals surface area contributed by atoms with E-state index >= 15 is 0 Å². The van der Waals surface area contributed by atoms with Gasteiger partial charge in [-0.05, 0) is 43.7 Å². The van der Waals surface area contributed by atoms with Gasteiger partial charge in [0.25, 0.3) is 0 Å². The molecule has 0 unspecified atom stereocenters. The van der Waals surface area contributed by atoms with Gasteiger partial charge in [0.1, 0.15) is 19.0 Å². The number of hydrazone groups is 1. The first-order valence-corrected chi connectivity index (χ1v) is 11.9. The highest BCUT2D eigenvalue weighted by atomic mass is 16.5. The fourth-order valence-corrected chi connectivity index (χ4v) is 3.68. The Balaban J connectivity index is 1.69. The van der Waals surface area contributed by atoms with E-state index < -0.39 is 24.3 Å². The third-order valence-electron chi connectivity index (χ3n) is 5.37. The number of nitrogens with one attached hydrogen (secondary N) is 3. The maximum atomic E-state index is 12.4. The van der Waals surface area contributed by atoms with Crippen LogP contribution in [0.1, 0.15) is 31.0 Å². The van der Waals surface area contributed by atoms with Crippen molar-refractivity contribution in [1.29, 1.82) is 0 Å². The van der Waals surface area contributed by atoms with Crippen LogP contribution in [-0.4, -0.2) is 56.5 Å². The zero-order valence-electron chi connectivity index (χ0n) is 21.5. The fourth-order valence-electron chi connectivity index (χ4n) is 3.68. The van der Waals surface area contributed by atoms with E-state index in [0.717, 1.165) is 5.56 Å². The molecule has 4 N–H and O–H groups in total. The maximum Gasteiger partial charge on any atom is 0.337 e. The third-order valence-corrected chi connectivity index (χ3v) is 5.37. The maximum absolute atomic E-state index is 12.4. The number of allylic oxidation sites excluding steroid dienone is 1. The van der Waals surface area contributed by atoms with Crippen molar-refractivity contribution in [2.45, 2.75) is 26.1 Å². The zero-order valence-corrected chi connectivity index (χ0v) is 21.5. The van der Waals surface area contributed by atoms with E-state index in [1.165, 1.54) is 13.3 Å². The molecule has 2 aromatic carbocycles. The molecule has 0 saturated heterocycles. The normalized spacial score (nSPS) is 15.8. The van der Waals surface area contributed by atoms with Crippen LogP contribution in [0.3, 0.4) is 0 Å². The van der Waals surface area contributed by atoms with Crippen LogP contribution in [0.4, 0.5) is 4.79 Å². The van der Waals surface area contributed by atoms with Gasteiger partial charge in [0.15, 0.2) is 17.7 Å². The number of hydrogen-bond acceptors (Lipinski definition) is 9. The van der Waals surface area contributed by atoms with Crippen LogP contribution >= 0.6 is 0 Å². The molecule has 1 heterocycles. The number of hydrogen-bond donors (Lipinski definition) is 4. The van der Waals surface area contributed by atoms with Crippen molar-refractivity contribution < 1.29 is 33.6 Å². The van der Waals surface area contributed by atoms with Crippen LogP contribution in [0.2, 0.25) is 0 Å². The molecule has 202 valence electrons. The fraction of sp³-hybridized carbons (Fsp3) is 0.296. The Morgan fingerprint density at radius 3 is 2.71 bits per heavy atom. The summed E-state index contributed by atoms with van der Waals surface area (Å²) in [5.74, 6) is 0.811. The van der Waals surface area contributed by atoms with E-state index in [1.807, 2.05) is 31.2 Å². The first-order valence-electron chi connectivity index (χ1n) is 11.9. The average molecular weight is 525 g/mol. The largest absolute Gasteiger partial charge is 0.490 e. The SMILES string of the molecule is C=CCOc1ccccc1/C=N\N[C@@H](O)COc1ccc([C@@H]2NC(=O)NC(C)=C2C(=O)OC)cc1OCC. The number of amides is 2. The number of benzene rings is 2. The number of carbonyl (C=O) groups excluding carboxylic acids is 2. The number of rotatable bonds is 13. The quantitative estimate of drug-likeness (QED) is 0.103. The lowest BCUT2D eigenvalue weighted by molar-refractivity contribution is -0.136. The molecule has 2 amide bonds. The van der Waals surface area contributed by atoms with Crippen LogP contribution in [0.5, 0.6) is 17.2 Å². The minimum absolute atomic E-state index is 0.137. The smallest absolute Gasteiger partial charge is 0.337 e. The Kier molecular flexibility index (Phi) is 10.1. The lowest BCUT2D eigenvalue weighted by Gasteiger charge is -2.28. The Labute approximate surface area is 221 Å². The predicted molar refractivity (Wildman–Crippen MR) is 141 cm³/mol. The van der Waals surface area contributed by atoms with Gasteiger partial charge < -0.3 is 34.7 Å². The second-order valence-electron chi connectivity index (χ2n) is 8.05. The molecule has 1 aliphatic rings. The van der Waals surface area contributed by atoms with E-state index in [2.05, 4.69) is 27.7 Å². The first kappa shape index (κ1) is 28.1. The summed E-state index contributed by atoms with van der Waals surface area (Å²) in [7, 11) is 1.28. The van der Waals surface area contributed by atoms with Crippen molar-refractivity contribution in [1.82, 2.24) is 16.1 Å². The monoisotopic (exact) mass is 524 g/mol. The number of para-hydroxylation sites is 1. The third kappa shape index (κ3) is 7.26. The summed E-state index contributed by atoms with van der Waals surface area (Å²) in [5.41, 5.74) is 4.60. The van der Waals surface area contributed by atoms with Crippen molar-refractivity contribution in [3.8, 4) is 17.2 Å². The number of aliphatic hydroxyl groups excluding tert-OH is 1. The van der Waals surface area contributed by atoms with Gasteiger partial charge >= 0.3 is 12.0 Å². The topological polar surface area (TPSA) is 140 Å². The summed E-state index contributed by atoms with van der Waals surface area (Å²) in [5, 5.41) is 19.7. The number of carbonyl (C=O) groups is 2. The highest BCUT2D eigenvalue weighted by Gasteiger charge is 2.32. The van der Waals surface area contributed by atoms with Crippen LogP contribution < -0.4 is 30.3 Å². The minimum atomic E-state index is -1.12. The van der Waals surface area contributed by atoms with Crippen molar-refractivity contribution in [2.24, 2.45) is 5.10 Å². The predicted octanol–water partition coefficient (Wildman–Crippen LogP) is 2.77. The summed E-state index contributed by atoms with van der Waals surface area (Å²) >= 11 is 0. The van der Waals surface area contributed by atoms with Gasteiger partial charge in [-0.1, -0.05) is 30.9 Å². The summed E-state index contributed by atoms with van der Waals surface area (Å²) < 4.78 is 22.0. The Hall–Kier alpha value is -4.51. The van der Waals surface area contributed by atoms with Crippen molar-refractivity contribution in [3.05, 3.63) is 77.5 Å². The summed E-state index contributed by atoms with van der Waals surface area (Å²) in [6.45, 7) is 7.64. The summed E-state index contributed by atoms with van der Waals surface area (Å²) in [4.78, 5) is 24.5. The standard InChI is InChI=1S/C27H32N4O7/c1-5-13-37-20-10-8-7-9-19(20)15-28-31-23(32)16-38-21-12-11-18(14-22(21)36-6-2)25-24(26(33)35-4)17(3)29-27(34)30-25/h5,7-12,14-15,23,25,31-32H,1,6,13,16H2,2-4H3,(H2,29,30,34)/b28-15-/t23-,25-/m0/s1. The Morgan fingerprint density at radius 2 is 1.97 bits per heavy atom. The molecule has 1 aliphatic heterocycles. The lowest BCUT2D eigenvalue weighted by Crippen LogP contribution is -2.45. The Bertz CT molecular complexity index is 1210. The van der Waals surface area contributed by atoms with Gasteiger partial charge in [-0.25, -0.2) is 9.59 Å². The Morgan fingerprint density at radius 1 is 1.18 bits per heavy atom. The molecule has 0 aromatic heterocycles. The number of aliphatic hydroxyl groups is 1. The molecule has 0 spiro atoms. The second-order valence-corrected chi connectivity index (χ2v) is 8.05. The molecular formula is C27H32N4O7.